The van der Waals surface area contributed by atoms with Gasteiger partial charge in [-0.25, -0.2) is 0 Å². The largest absolute Gasteiger partial charge is 0.497 e. The van der Waals surface area contributed by atoms with E-state index in [9.17, 15) is 9.59 Å². The van der Waals surface area contributed by atoms with Gasteiger partial charge < -0.3 is 24.4 Å². The highest BCUT2D eigenvalue weighted by atomic mass is 16.5. The fourth-order valence-corrected chi connectivity index (χ4v) is 5.59. The van der Waals surface area contributed by atoms with Crippen LogP contribution in [0.2, 0.25) is 0 Å². The zero-order valence-electron chi connectivity index (χ0n) is 21.7. The molecule has 0 bridgehead atoms. The summed E-state index contributed by atoms with van der Waals surface area (Å²) in [5.74, 6) is 1.49. The number of rotatable bonds is 9. The molecule has 7 nitrogen and oxygen atoms in total. The maximum absolute atomic E-state index is 13.6. The van der Waals surface area contributed by atoms with Crippen LogP contribution in [0.25, 0.3) is 10.9 Å². The molecule has 37 heavy (non-hydrogen) atoms. The monoisotopic (exact) mass is 499 g/mol. The quantitative estimate of drug-likeness (QED) is 0.301. The van der Waals surface area contributed by atoms with Crippen LogP contribution in [0.4, 0.5) is 5.69 Å². The van der Waals surface area contributed by atoms with Crippen molar-refractivity contribution in [2.45, 2.75) is 39.7 Å². The third-order valence-corrected chi connectivity index (χ3v) is 7.69. The Morgan fingerprint density at radius 3 is 2.54 bits per heavy atom. The fraction of sp³-hybridized carbons (Fsp3) is 0.333. The Labute approximate surface area is 216 Å². The number of carbonyl (C=O) groups is 2. The van der Waals surface area contributed by atoms with E-state index in [1.54, 1.807) is 48.6 Å². The average molecular weight is 500 g/mol. The normalized spacial score (nSPS) is 17.9. The molecule has 2 heterocycles. The molecule has 0 aliphatic heterocycles. The number of H-pyrrole nitrogens is 1. The minimum Gasteiger partial charge on any atom is -0.497 e. The second-order valence-electron chi connectivity index (χ2n) is 10.4. The summed E-state index contributed by atoms with van der Waals surface area (Å²) in [4.78, 5) is 31.6. The lowest BCUT2D eigenvalue weighted by Gasteiger charge is -2.22. The lowest BCUT2D eigenvalue weighted by molar-refractivity contribution is -0.136. The van der Waals surface area contributed by atoms with E-state index in [4.69, 9.17) is 9.15 Å². The number of hydrogen-bond acceptors (Lipinski definition) is 4. The third-order valence-electron chi connectivity index (χ3n) is 7.69. The number of fused-ring (bicyclic) bond motifs is 1. The van der Waals surface area contributed by atoms with Crippen molar-refractivity contribution in [2.75, 3.05) is 19.0 Å². The van der Waals surface area contributed by atoms with Gasteiger partial charge in [0.25, 0.3) is 0 Å². The first-order valence-electron chi connectivity index (χ1n) is 12.6. The van der Waals surface area contributed by atoms with Crippen LogP contribution < -0.4 is 10.1 Å². The first kappa shape index (κ1) is 24.7. The maximum Gasteiger partial charge on any atom is 0.244 e. The molecule has 4 aromatic rings. The van der Waals surface area contributed by atoms with Crippen LogP contribution in [-0.4, -0.2) is 35.4 Å². The van der Waals surface area contributed by atoms with E-state index in [0.717, 1.165) is 11.2 Å². The number of hydrogen-bond donors (Lipinski definition) is 2. The number of anilines is 1. The number of ether oxygens (including phenoxy) is 1. The molecule has 1 aliphatic rings. The Morgan fingerprint density at radius 1 is 1.08 bits per heavy atom. The first-order valence-corrected chi connectivity index (χ1v) is 12.6. The van der Waals surface area contributed by atoms with E-state index in [1.165, 1.54) is 10.9 Å². The van der Waals surface area contributed by atoms with Gasteiger partial charge in [0.15, 0.2) is 0 Å². The van der Waals surface area contributed by atoms with Gasteiger partial charge in [-0.05, 0) is 72.2 Å². The number of nitrogens with one attached hydrogen (secondary N) is 2. The highest BCUT2D eigenvalue weighted by Gasteiger charge is 2.59. The van der Waals surface area contributed by atoms with Crippen LogP contribution in [0.5, 0.6) is 5.75 Å². The molecule has 192 valence electrons. The minimum absolute atomic E-state index is 0.0207. The van der Waals surface area contributed by atoms with E-state index in [1.807, 2.05) is 12.1 Å². The zero-order chi connectivity index (χ0) is 26.2. The summed E-state index contributed by atoms with van der Waals surface area (Å²) in [6, 6.07) is 19.0. The Hall–Kier alpha value is -4.00. The summed E-state index contributed by atoms with van der Waals surface area (Å²) in [6.07, 6.45) is 1.95. The lowest BCUT2D eigenvalue weighted by Crippen LogP contribution is -2.37. The Kier molecular flexibility index (Phi) is 6.54. The number of aromatic nitrogens is 1. The van der Waals surface area contributed by atoms with Crippen molar-refractivity contribution in [2.24, 2.45) is 11.3 Å². The highest BCUT2D eigenvalue weighted by Crippen LogP contribution is 2.67. The summed E-state index contributed by atoms with van der Waals surface area (Å²) in [7, 11) is 1.59. The number of furan rings is 1. The van der Waals surface area contributed by atoms with Crippen LogP contribution in [-0.2, 0) is 16.1 Å². The second kappa shape index (κ2) is 9.81. The van der Waals surface area contributed by atoms with Crippen molar-refractivity contribution in [1.29, 1.82) is 0 Å². The topological polar surface area (TPSA) is 87.6 Å². The number of methoxy groups -OCH3 is 1. The Balaban J connectivity index is 1.31. The van der Waals surface area contributed by atoms with Gasteiger partial charge >= 0.3 is 0 Å². The van der Waals surface area contributed by atoms with Gasteiger partial charge in [-0.1, -0.05) is 32.0 Å². The summed E-state index contributed by atoms with van der Waals surface area (Å²) in [5, 5.41) is 4.10. The number of amides is 2. The van der Waals surface area contributed by atoms with Crippen molar-refractivity contribution >= 4 is 28.4 Å². The maximum atomic E-state index is 13.6. The molecular weight excluding hydrogens is 466 g/mol. The molecule has 1 fully saturated rings. The number of benzene rings is 2. The number of aromatic amines is 1. The van der Waals surface area contributed by atoms with Gasteiger partial charge in [-0.2, -0.15) is 0 Å². The summed E-state index contributed by atoms with van der Waals surface area (Å²) in [6.45, 7) is 6.74. The summed E-state index contributed by atoms with van der Waals surface area (Å²) >= 11 is 0. The molecule has 7 heteroatoms. The predicted octanol–water partition coefficient (Wildman–Crippen LogP) is 5.88. The molecule has 5 rings (SSSR count). The van der Waals surface area contributed by atoms with Crippen LogP contribution >= 0.6 is 0 Å². The zero-order valence-corrected chi connectivity index (χ0v) is 21.7. The van der Waals surface area contributed by atoms with Crippen LogP contribution in [0, 0.1) is 18.3 Å². The molecule has 0 spiro atoms. The van der Waals surface area contributed by atoms with E-state index >= 15 is 0 Å². The molecule has 1 aliphatic carbocycles. The SMILES string of the molecule is COc1ccc(NC(=O)CN(Cc2ccco2)C(=O)C[C@H]2[C@H](c3c(C)[nH]c4ccccc34)C2(C)C)cc1. The first-order chi connectivity index (χ1) is 17.8. The van der Waals surface area contributed by atoms with Gasteiger partial charge in [0.05, 0.1) is 19.9 Å². The number of nitrogens with zero attached hydrogens (tertiary/aromatic N) is 1. The van der Waals surface area contributed by atoms with Crippen molar-refractivity contribution in [3.63, 3.8) is 0 Å². The van der Waals surface area contributed by atoms with E-state index in [0.29, 0.717) is 23.6 Å². The fourth-order valence-electron chi connectivity index (χ4n) is 5.59. The van der Waals surface area contributed by atoms with E-state index in [-0.39, 0.29) is 42.2 Å². The van der Waals surface area contributed by atoms with Gasteiger partial charge in [0.1, 0.15) is 18.1 Å². The molecule has 2 aromatic heterocycles. The Morgan fingerprint density at radius 2 is 1.84 bits per heavy atom. The smallest absolute Gasteiger partial charge is 0.244 e. The summed E-state index contributed by atoms with van der Waals surface area (Å²) in [5.41, 5.74) is 4.20. The summed E-state index contributed by atoms with van der Waals surface area (Å²) < 4.78 is 10.7. The van der Waals surface area contributed by atoms with Crippen LogP contribution in [0.1, 0.15) is 43.2 Å². The van der Waals surface area contributed by atoms with Crippen molar-refractivity contribution in [3.8, 4) is 5.75 Å². The van der Waals surface area contributed by atoms with Gasteiger partial charge in [-0.15, -0.1) is 0 Å². The molecular formula is C30H33N3O4. The second-order valence-corrected chi connectivity index (χ2v) is 10.4. The van der Waals surface area contributed by atoms with Crippen LogP contribution in [0.15, 0.2) is 71.3 Å². The molecule has 0 saturated heterocycles. The van der Waals surface area contributed by atoms with Gasteiger partial charge in [-0.3, -0.25) is 9.59 Å². The predicted molar refractivity (Wildman–Crippen MR) is 143 cm³/mol. The molecule has 0 radical (unpaired) electrons. The molecule has 2 atom stereocenters. The van der Waals surface area contributed by atoms with Crippen molar-refractivity contribution in [1.82, 2.24) is 9.88 Å². The van der Waals surface area contributed by atoms with Gasteiger partial charge in [0.2, 0.25) is 11.8 Å². The van der Waals surface area contributed by atoms with E-state index in [2.05, 4.69) is 49.3 Å². The lowest BCUT2D eigenvalue weighted by atomic mass is 10.0. The Bertz CT molecular complexity index is 1400. The third kappa shape index (κ3) is 4.99. The van der Waals surface area contributed by atoms with E-state index < -0.39 is 0 Å². The average Bonchev–Trinajstić information content (AvgIpc) is 3.25. The standard InChI is InChI=1S/C30H33N3O4/c1-19-28(23-9-5-6-10-25(23)31-19)29-24(30(29,2)3)16-27(35)33(17-22-8-7-15-37-22)18-26(34)32-20-11-13-21(36-4)14-12-20/h5-15,24,29,31H,16-18H2,1-4H3,(H,32,34)/t24-,29+/m0/s1. The molecule has 2 N–H and O–H groups in total. The number of carbonyl (C=O) groups excluding carboxylic acids is 2. The molecule has 1 saturated carbocycles. The van der Waals surface area contributed by atoms with Crippen molar-refractivity contribution < 1.29 is 18.7 Å². The highest BCUT2D eigenvalue weighted by molar-refractivity contribution is 5.94. The van der Waals surface area contributed by atoms with Crippen LogP contribution in [0.3, 0.4) is 0 Å². The minimum atomic E-state index is -0.260. The number of aryl methyl sites for hydroxylation is 1. The van der Waals surface area contributed by atoms with Gasteiger partial charge in [0, 0.05) is 28.7 Å². The molecule has 0 unspecified atom stereocenters. The molecule has 2 aromatic carbocycles. The number of para-hydroxylation sites is 1. The van der Waals surface area contributed by atoms with Crippen molar-refractivity contribution in [3.05, 3.63) is 83.9 Å². The molecule has 2 amide bonds.